The third-order valence-electron chi connectivity index (χ3n) is 3.20. The van der Waals surface area contributed by atoms with E-state index in [2.05, 4.69) is 65.7 Å². The van der Waals surface area contributed by atoms with Crippen molar-refractivity contribution in [3.63, 3.8) is 0 Å². The van der Waals surface area contributed by atoms with E-state index in [1.807, 2.05) is 12.3 Å². The number of hydrogen-bond donors (Lipinski definition) is 1. The Hall–Kier alpha value is -1.71. The normalized spacial score (nSPS) is 12.6. The molecule has 0 bridgehead atoms. The zero-order valence-corrected chi connectivity index (χ0v) is 11.6. The van der Waals surface area contributed by atoms with E-state index in [1.54, 1.807) is 6.20 Å². The number of rotatable bonds is 6. The molecule has 1 aromatic carbocycles. The molecule has 0 aliphatic rings. The summed E-state index contributed by atoms with van der Waals surface area (Å²) in [4.78, 5) is 6.37. The highest BCUT2D eigenvalue weighted by Crippen LogP contribution is 2.16. The fourth-order valence-electron chi connectivity index (χ4n) is 2.13. The fourth-order valence-corrected chi connectivity index (χ4v) is 2.13. The molecular weight excluding hydrogens is 234 g/mol. The molecule has 0 radical (unpaired) electrons. The molecule has 1 unspecified atom stereocenters. The Balaban J connectivity index is 1.92. The second kappa shape index (κ2) is 7.02. The summed E-state index contributed by atoms with van der Waals surface area (Å²) in [6.45, 7) is 1.77. The molecule has 1 heterocycles. The van der Waals surface area contributed by atoms with Crippen molar-refractivity contribution < 1.29 is 0 Å². The van der Waals surface area contributed by atoms with Gasteiger partial charge < -0.3 is 10.2 Å². The summed E-state index contributed by atoms with van der Waals surface area (Å²) < 4.78 is 0. The Morgan fingerprint density at radius 1 is 1.11 bits per heavy atom. The van der Waals surface area contributed by atoms with Gasteiger partial charge in [0.25, 0.3) is 0 Å². The lowest BCUT2D eigenvalue weighted by atomic mass is 10.1. The van der Waals surface area contributed by atoms with Crippen LogP contribution in [0.2, 0.25) is 0 Å². The van der Waals surface area contributed by atoms with Crippen molar-refractivity contribution in [2.75, 3.05) is 20.6 Å². The van der Waals surface area contributed by atoms with Crippen LogP contribution in [0.15, 0.2) is 54.9 Å². The molecular formula is C16H21N3. The maximum absolute atomic E-state index is 4.13. The molecule has 19 heavy (non-hydrogen) atoms. The highest BCUT2D eigenvalue weighted by Gasteiger charge is 2.12. The molecule has 2 aromatic rings. The molecule has 3 heteroatoms. The van der Waals surface area contributed by atoms with Gasteiger partial charge in [-0.25, -0.2) is 0 Å². The molecule has 100 valence electrons. The van der Waals surface area contributed by atoms with Crippen molar-refractivity contribution in [3.8, 4) is 0 Å². The van der Waals surface area contributed by atoms with E-state index in [0.717, 1.165) is 13.1 Å². The summed E-state index contributed by atoms with van der Waals surface area (Å²) in [7, 11) is 4.23. The van der Waals surface area contributed by atoms with E-state index in [1.165, 1.54) is 11.1 Å². The number of nitrogens with zero attached hydrogens (tertiary/aromatic N) is 2. The fraction of sp³-hybridized carbons (Fsp3) is 0.312. The number of aromatic nitrogens is 1. The van der Waals surface area contributed by atoms with Gasteiger partial charge >= 0.3 is 0 Å². The Morgan fingerprint density at radius 3 is 2.53 bits per heavy atom. The van der Waals surface area contributed by atoms with Crippen LogP contribution in [0.4, 0.5) is 0 Å². The Labute approximate surface area is 115 Å². The minimum atomic E-state index is 0.387. The molecule has 0 amide bonds. The number of benzene rings is 1. The van der Waals surface area contributed by atoms with E-state index < -0.39 is 0 Å². The quantitative estimate of drug-likeness (QED) is 0.859. The summed E-state index contributed by atoms with van der Waals surface area (Å²) in [5.41, 5.74) is 2.55. The summed E-state index contributed by atoms with van der Waals surface area (Å²) in [6.07, 6.45) is 3.70. The first-order valence-electron chi connectivity index (χ1n) is 6.58. The van der Waals surface area contributed by atoms with Crippen LogP contribution in [0.1, 0.15) is 17.2 Å². The third-order valence-corrected chi connectivity index (χ3v) is 3.20. The van der Waals surface area contributed by atoms with Crippen LogP contribution in [0.5, 0.6) is 0 Å². The van der Waals surface area contributed by atoms with Crippen LogP contribution in [-0.2, 0) is 6.54 Å². The largest absolute Gasteiger partial charge is 0.311 e. The molecule has 3 nitrogen and oxygen atoms in total. The van der Waals surface area contributed by atoms with E-state index in [-0.39, 0.29) is 0 Å². The predicted molar refractivity (Wildman–Crippen MR) is 78.8 cm³/mol. The lowest BCUT2D eigenvalue weighted by Gasteiger charge is -2.25. The zero-order chi connectivity index (χ0) is 13.5. The number of nitrogens with one attached hydrogen (secondary N) is 1. The van der Waals surface area contributed by atoms with E-state index in [9.17, 15) is 0 Å². The minimum absolute atomic E-state index is 0.387. The van der Waals surface area contributed by atoms with Gasteiger partial charge in [0.05, 0.1) is 0 Å². The molecule has 0 aliphatic heterocycles. The van der Waals surface area contributed by atoms with Gasteiger partial charge in [0.15, 0.2) is 0 Å². The highest BCUT2D eigenvalue weighted by molar-refractivity contribution is 5.19. The molecule has 1 atom stereocenters. The van der Waals surface area contributed by atoms with Crippen molar-refractivity contribution in [1.29, 1.82) is 0 Å². The Morgan fingerprint density at radius 2 is 1.89 bits per heavy atom. The van der Waals surface area contributed by atoms with Gasteiger partial charge in [-0.3, -0.25) is 4.98 Å². The second-order valence-corrected chi connectivity index (χ2v) is 4.88. The Bertz CT molecular complexity index is 468. The lowest BCUT2D eigenvalue weighted by Crippen LogP contribution is -2.30. The predicted octanol–water partition coefficient (Wildman–Crippen LogP) is 2.47. The molecule has 1 N–H and O–H groups in total. The van der Waals surface area contributed by atoms with Gasteiger partial charge in [-0.1, -0.05) is 36.4 Å². The topological polar surface area (TPSA) is 28.2 Å². The SMILES string of the molecule is CN(C)C(CNCc1cccnc1)c1ccccc1. The number of likely N-dealkylation sites (N-methyl/N-ethyl adjacent to an activating group) is 1. The number of hydrogen-bond acceptors (Lipinski definition) is 3. The summed E-state index contributed by atoms with van der Waals surface area (Å²) >= 11 is 0. The van der Waals surface area contributed by atoms with Crippen molar-refractivity contribution >= 4 is 0 Å². The van der Waals surface area contributed by atoms with E-state index in [4.69, 9.17) is 0 Å². The first-order chi connectivity index (χ1) is 9.27. The van der Waals surface area contributed by atoms with Gasteiger partial charge in [0.2, 0.25) is 0 Å². The molecule has 1 aromatic heterocycles. The maximum Gasteiger partial charge on any atom is 0.0466 e. The first-order valence-corrected chi connectivity index (χ1v) is 6.58. The third kappa shape index (κ3) is 4.16. The van der Waals surface area contributed by atoms with E-state index >= 15 is 0 Å². The Kier molecular flexibility index (Phi) is 5.07. The zero-order valence-electron chi connectivity index (χ0n) is 11.6. The second-order valence-electron chi connectivity index (χ2n) is 4.88. The monoisotopic (exact) mass is 255 g/mol. The van der Waals surface area contributed by atoms with Gasteiger partial charge in [0, 0.05) is 31.5 Å². The average Bonchev–Trinajstić information content (AvgIpc) is 2.45. The molecule has 0 aliphatic carbocycles. The first kappa shape index (κ1) is 13.7. The summed E-state index contributed by atoms with van der Waals surface area (Å²) in [6, 6.07) is 15.0. The summed E-state index contributed by atoms with van der Waals surface area (Å²) in [5.74, 6) is 0. The molecule has 0 spiro atoms. The average molecular weight is 255 g/mol. The minimum Gasteiger partial charge on any atom is -0.311 e. The van der Waals surface area contributed by atoms with Gasteiger partial charge in [-0.05, 0) is 31.3 Å². The number of pyridine rings is 1. The van der Waals surface area contributed by atoms with Crippen LogP contribution in [0, 0.1) is 0 Å². The van der Waals surface area contributed by atoms with Crippen LogP contribution in [0.25, 0.3) is 0 Å². The van der Waals surface area contributed by atoms with Crippen molar-refractivity contribution in [2.24, 2.45) is 0 Å². The molecule has 0 fully saturated rings. The van der Waals surface area contributed by atoms with Crippen LogP contribution >= 0.6 is 0 Å². The summed E-state index contributed by atoms with van der Waals surface area (Å²) in [5, 5.41) is 3.50. The van der Waals surface area contributed by atoms with Crippen molar-refractivity contribution in [3.05, 3.63) is 66.0 Å². The van der Waals surface area contributed by atoms with Crippen molar-refractivity contribution in [2.45, 2.75) is 12.6 Å². The molecule has 2 rings (SSSR count). The van der Waals surface area contributed by atoms with Gasteiger partial charge in [-0.15, -0.1) is 0 Å². The molecule has 0 saturated heterocycles. The standard InChI is InChI=1S/C16H21N3/c1-19(2)16(15-8-4-3-5-9-15)13-18-12-14-7-6-10-17-11-14/h3-11,16,18H,12-13H2,1-2H3. The van der Waals surface area contributed by atoms with E-state index in [0.29, 0.717) is 6.04 Å². The van der Waals surface area contributed by atoms with Crippen LogP contribution in [-0.4, -0.2) is 30.5 Å². The highest BCUT2D eigenvalue weighted by atomic mass is 15.1. The van der Waals surface area contributed by atoms with Crippen LogP contribution < -0.4 is 5.32 Å². The van der Waals surface area contributed by atoms with Crippen molar-refractivity contribution in [1.82, 2.24) is 15.2 Å². The maximum atomic E-state index is 4.13. The smallest absolute Gasteiger partial charge is 0.0466 e. The van der Waals surface area contributed by atoms with Gasteiger partial charge in [0.1, 0.15) is 0 Å². The molecule has 0 saturated carbocycles. The lowest BCUT2D eigenvalue weighted by molar-refractivity contribution is 0.288. The van der Waals surface area contributed by atoms with Crippen LogP contribution in [0.3, 0.4) is 0 Å². The van der Waals surface area contributed by atoms with Gasteiger partial charge in [-0.2, -0.15) is 0 Å².